The molecule has 2 aromatic heterocycles. The van der Waals surface area contributed by atoms with Crippen LogP contribution in [0.1, 0.15) is 17.6 Å². The Morgan fingerprint density at radius 3 is 2.65 bits per heavy atom. The molecule has 3 aromatic rings. The number of aryl methyl sites for hydroxylation is 2. The molecule has 5 nitrogen and oxygen atoms in total. The maximum absolute atomic E-state index is 5.43. The monoisotopic (exact) mass is 329 g/mol. The third kappa shape index (κ3) is 3.07. The molecule has 23 heavy (non-hydrogen) atoms. The molecule has 3 rings (SSSR count). The number of thiophene rings is 1. The summed E-state index contributed by atoms with van der Waals surface area (Å²) in [7, 11) is 3.29. The number of ether oxygens (including phenoxy) is 2. The van der Waals surface area contributed by atoms with Gasteiger partial charge in [0, 0.05) is 10.9 Å². The van der Waals surface area contributed by atoms with Crippen molar-refractivity contribution >= 4 is 33.1 Å². The standard InChI is InChI=1S/C17H19N3O2S/c1-5-12-9-13-16(18-10(2)19-17(13)23-12)20-14-8-11(21-3)6-7-15(14)22-4/h6-9H,5H2,1-4H3,(H,18,19,20). The lowest BCUT2D eigenvalue weighted by Gasteiger charge is -2.13. The first kappa shape index (κ1) is 15.6. The average Bonchev–Trinajstić information content (AvgIpc) is 2.98. The molecule has 120 valence electrons. The minimum Gasteiger partial charge on any atom is -0.497 e. The minimum atomic E-state index is 0.737. The zero-order valence-electron chi connectivity index (χ0n) is 13.6. The van der Waals surface area contributed by atoms with E-state index in [2.05, 4.69) is 28.3 Å². The van der Waals surface area contributed by atoms with Gasteiger partial charge in [-0.2, -0.15) is 0 Å². The molecule has 0 aliphatic heterocycles. The summed E-state index contributed by atoms with van der Waals surface area (Å²) in [6.07, 6.45) is 0.988. The lowest BCUT2D eigenvalue weighted by molar-refractivity contribution is 0.405. The second-order valence-electron chi connectivity index (χ2n) is 5.10. The summed E-state index contributed by atoms with van der Waals surface area (Å²) < 4.78 is 10.7. The van der Waals surface area contributed by atoms with Gasteiger partial charge in [0.25, 0.3) is 0 Å². The maximum Gasteiger partial charge on any atom is 0.143 e. The van der Waals surface area contributed by atoms with Gasteiger partial charge in [0.1, 0.15) is 28.0 Å². The first-order valence-corrected chi connectivity index (χ1v) is 8.22. The summed E-state index contributed by atoms with van der Waals surface area (Å²) in [6, 6.07) is 7.78. The summed E-state index contributed by atoms with van der Waals surface area (Å²) in [6.45, 7) is 4.04. The SMILES string of the molecule is CCc1cc2c(Nc3cc(OC)ccc3OC)nc(C)nc2s1. The molecule has 0 radical (unpaired) electrons. The summed E-state index contributed by atoms with van der Waals surface area (Å²) >= 11 is 1.71. The molecule has 2 heterocycles. The largest absolute Gasteiger partial charge is 0.497 e. The molecule has 0 atom stereocenters. The Bertz CT molecular complexity index is 845. The van der Waals surface area contributed by atoms with Crippen LogP contribution in [0.2, 0.25) is 0 Å². The van der Waals surface area contributed by atoms with Gasteiger partial charge in [0.2, 0.25) is 0 Å². The highest BCUT2D eigenvalue weighted by Crippen LogP contribution is 2.35. The van der Waals surface area contributed by atoms with Crippen molar-refractivity contribution in [3.8, 4) is 11.5 Å². The molecule has 1 N–H and O–H groups in total. The molecule has 0 aliphatic carbocycles. The number of hydrogen-bond donors (Lipinski definition) is 1. The summed E-state index contributed by atoms with van der Waals surface area (Å²) in [4.78, 5) is 11.4. The summed E-state index contributed by atoms with van der Waals surface area (Å²) in [5.41, 5.74) is 0.815. The van der Waals surface area contributed by atoms with Crippen LogP contribution in [0.4, 0.5) is 11.5 Å². The summed E-state index contributed by atoms with van der Waals surface area (Å²) in [5, 5.41) is 4.40. The summed E-state index contributed by atoms with van der Waals surface area (Å²) in [5.74, 6) is 3.03. The fourth-order valence-corrected chi connectivity index (χ4v) is 3.40. The normalized spacial score (nSPS) is 10.8. The van der Waals surface area contributed by atoms with Gasteiger partial charge in [-0.25, -0.2) is 9.97 Å². The minimum absolute atomic E-state index is 0.737. The van der Waals surface area contributed by atoms with E-state index in [-0.39, 0.29) is 0 Å². The van der Waals surface area contributed by atoms with Crippen molar-refractivity contribution in [1.29, 1.82) is 0 Å². The Labute approximate surface area is 139 Å². The van der Waals surface area contributed by atoms with Crippen LogP contribution in [-0.4, -0.2) is 24.2 Å². The van der Waals surface area contributed by atoms with Gasteiger partial charge in [-0.05, 0) is 31.5 Å². The highest BCUT2D eigenvalue weighted by atomic mass is 32.1. The second kappa shape index (κ2) is 6.42. The third-order valence-electron chi connectivity index (χ3n) is 3.56. The van der Waals surface area contributed by atoms with Crippen molar-refractivity contribution in [2.24, 2.45) is 0 Å². The van der Waals surface area contributed by atoms with E-state index in [1.807, 2.05) is 25.1 Å². The first-order chi connectivity index (χ1) is 11.1. The van der Waals surface area contributed by atoms with Crippen LogP contribution in [0.25, 0.3) is 10.2 Å². The fraction of sp³-hybridized carbons (Fsp3) is 0.294. The van der Waals surface area contributed by atoms with E-state index in [1.54, 1.807) is 25.6 Å². The number of nitrogens with zero attached hydrogens (tertiary/aromatic N) is 2. The number of benzene rings is 1. The van der Waals surface area contributed by atoms with Crippen LogP contribution in [0.3, 0.4) is 0 Å². The molecule has 6 heteroatoms. The third-order valence-corrected chi connectivity index (χ3v) is 4.74. The van der Waals surface area contributed by atoms with Crippen molar-refractivity contribution in [3.63, 3.8) is 0 Å². The van der Waals surface area contributed by atoms with Crippen LogP contribution in [0, 0.1) is 6.92 Å². The highest BCUT2D eigenvalue weighted by molar-refractivity contribution is 7.18. The molecule has 1 aromatic carbocycles. The molecular weight excluding hydrogens is 310 g/mol. The Morgan fingerprint density at radius 1 is 1.13 bits per heavy atom. The van der Waals surface area contributed by atoms with Gasteiger partial charge in [-0.1, -0.05) is 6.92 Å². The first-order valence-electron chi connectivity index (χ1n) is 7.40. The van der Waals surface area contributed by atoms with Crippen molar-refractivity contribution < 1.29 is 9.47 Å². The second-order valence-corrected chi connectivity index (χ2v) is 6.21. The highest BCUT2D eigenvalue weighted by Gasteiger charge is 2.12. The lowest BCUT2D eigenvalue weighted by atomic mass is 10.2. The predicted molar refractivity (Wildman–Crippen MR) is 94.4 cm³/mol. The van der Waals surface area contributed by atoms with Crippen LogP contribution in [0.15, 0.2) is 24.3 Å². The molecule has 0 saturated heterocycles. The lowest BCUT2D eigenvalue weighted by Crippen LogP contribution is -2.00. The van der Waals surface area contributed by atoms with Crippen molar-refractivity contribution in [2.75, 3.05) is 19.5 Å². The number of methoxy groups -OCH3 is 2. The molecular formula is C17H19N3O2S. The van der Waals surface area contributed by atoms with Crippen molar-refractivity contribution in [2.45, 2.75) is 20.3 Å². The molecule has 0 bridgehead atoms. The van der Waals surface area contributed by atoms with E-state index >= 15 is 0 Å². The van der Waals surface area contributed by atoms with Gasteiger partial charge in [0.15, 0.2) is 0 Å². The number of aromatic nitrogens is 2. The zero-order valence-corrected chi connectivity index (χ0v) is 14.5. The smallest absolute Gasteiger partial charge is 0.143 e. The molecule has 0 unspecified atom stereocenters. The van der Waals surface area contributed by atoms with Crippen LogP contribution in [-0.2, 0) is 6.42 Å². The van der Waals surface area contributed by atoms with Gasteiger partial charge >= 0.3 is 0 Å². The number of rotatable bonds is 5. The van der Waals surface area contributed by atoms with Gasteiger partial charge in [-0.3, -0.25) is 0 Å². The van der Waals surface area contributed by atoms with Crippen LogP contribution >= 0.6 is 11.3 Å². The topological polar surface area (TPSA) is 56.3 Å². The van der Waals surface area contributed by atoms with Gasteiger partial charge < -0.3 is 14.8 Å². The van der Waals surface area contributed by atoms with Crippen LogP contribution in [0.5, 0.6) is 11.5 Å². The van der Waals surface area contributed by atoms with Crippen LogP contribution < -0.4 is 14.8 Å². The van der Waals surface area contributed by atoms with Gasteiger partial charge in [0.05, 0.1) is 25.3 Å². The Kier molecular flexibility index (Phi) is 4.34. The van der Waals surface area contributed by atoms with E-state index in [0.29, 0.717) is 0 Å². The van der Waals surface area contributed by atoms with E-state index < -0.39 is 0 Å². The Balaban J connectivity index is 2.09. The van der Waals surface area contributed by atoms with E-state index in [9.17, 15) is 0 Å². The van der Waals surface area contributed by atoms with Crippen molar-refractivity contribution in [3.05, 3.63) is 35.0 Å². The quantitative estimate of drug-likeness (QED) is 0.755. The maximum atomic E-state index is 5.43. The number of anilines is 2. The molecule has 0 fully saturated rings. The fourth-order valence-electron chi connectivity index (χ4n) is 2.39. The van der Waals surface area contributed by atoms with E-state index in [4.69, 9.17) is 9.47 Å². The zero-order chi connectivity index (χ0) is 16.4. The number of hydrogen-bond acceptors (Lipinski definition) is 6. The average molecular weight is 329 g/mol. The molecule has 0 saturated carbocycles. The number of nitrogens with one attached hydrogen (secondary N) is 1. The molecule has 0 spiro atoms. The molecule has 0 amide bonds. The number of fused-ring (bicyclic) bond motifs is 1. The van der Waals surface area contributed by atoms with Crippen molar-refractivity contribution in [1.82, 2.24) is 9.97 Å². The predicted octanol–water partition coefficient (Wildman–Crippen LogP) is 4.32. The molecule has 0 aliphatic rings. The van der Waals surface area contributed by atoms with Gasteiger partial charge in [-0.15, -0.1) is 11.3 Å². The van der Waals surface area contributed by atoms with E-state index in [0.717, 1.165) is 45.5 Å². The Hall–Kier alpha value is -2.34. The van der Waals surface area contributed by atoms with E-state index in [1.165, 1.54) is 4.88 Å². The Morgan fingerprint density at radius 2 is 1.96 bits per heavy atom.